The Kier molecular flexibility index (Phi) is 3.25. The van der Waals surface area contributed by atoms with Crippen LogP contribution in [0.2, 0.25) is 5.02 Å². The Morgan fingerprint density at radius 1 is 1.59 bits per heavy atom. The van der Waals surface area contributed by atoms with Crippen molar-refractivity contribution in [1.29, 1.82) is 0 Å². The molecule has 0 aromatic carbocycles. The third kappa shape index (κ3) is 2.53. The Morgan fingerprint density at radius 3 is 2.94 bits per heavy atom. The lowest BCUT2D eigenvalue weighted by atomic mass is 10.3. The molecule has 88 valence electrons. The van der Waals surface area contributed by atoms with E-state index >= 15 is 0 Å². The first-order valence-electron chi connectivity index (χ1n) is 4.37. The summed E-state index contributed by atoms with van der Waals surface area (Å²) in [6.07, 6.45) is 1.29. The molecule has 0 aliphatic carbocycles. The summed E-state index contributed by atoms with van der Waals surface area (Å²) in [5, 5.41) is 20.8. The van der Waals surface area contributed by atoms with E-state index < -0.39 is 5.97 Å². The van der Waals surface area contributed by atoms with Gasteiger partial charge < -0.3 is 5.11 Å². The molecule has 0 aliphatic heterocycles. The van der Waals surface area contributed by atoms with Crippen molar-refractivity contribution in [2.24, 2.45) is 7.05 Å². The highest BCUT2D eigenvalue weighted by Crippen LogP contribution is 2.26. The second-order valence-corrected chi connectivity index (χ2v) is 4.39. The standard InChI is InChI=1S/C8H6ClN5O2S/c1-14-8(11-12-13-14)17-6-2-4(7(15)16)5(9)3-10-6/h2-3H,1H3,(H,15,16). The van der Waals surface area contributed by atoms with Gasteiger partial charge in [-0.05, 0) is 28.3 Å². The Balaban J connectivity index is 2.32. The summed E-state index contributed by atoms with van der Waals surface area (Å²) in [5.41, 5.74) is -0.000654. The number of aryl methyl sites for hydroxylation is 1. The highest BCUT2D eigenvalue weighted by atomic mass is 35.5. The van der Waals surface area contributed by atoms with Crippen molar-refractivity contribution in [2.45, 2.75) is 10.2 Å². The SMILES string of the molecule is Cn1nnnc1Sc1cc(C(=O)O)c(Cl)cn1. The number of hydrogen-bond donors (Lipinski definition) is 1. The zero-order valence-corrected chi connectivity index (χ0v) is 10.1. The van der Waals surface area contributed by atoms with Gasteiger partial charge in [0.25, 0.3) is 0 Å². The molecule has 0 aliphatic rings. The minimum atomic E-state index is -1.10. The monoisotopic (exact) mass is 271 g/mol. The molecule has 17 heavy (non-hydrogen) atoms. The van der Waals surface area contributed by atoms with Crippen LogP contribution in [0.3, 0.4) is 0 Å². The molecule has 0 saturated carbocycles. The second-order valence-electron chi connectivity index (χ2n) is 2.99. The van der Waals surface area contributed by atoms with E-state index in [4.69, 9.17) is 16.7 Å². The van der Waals surface area contributed by atoms with Crippen LogP contribution in [-0.2, 0) is 7.05 Å². The predicted octanol–water partition coefficient (Wildman–Crippen LogP) is 1.11. The molecule has 9 heteroatoms. The first-order chi connectivity index (χ1) is 8.08. The summed E-state index contributed by atoms with van der Waals surface area (Å²) in [5.74, 6) is -1.10. The van der Waals surface area contributed by atoms with E-state index in [1.54, 1.807) is 7.05 Å². The largest absolute Gasteiger partial charge is 0.478 e. The van der Waals surface area contributed by atoms with Crippen LogP contribution in [0.1, 0.15) is 10.4 Å². The van der Waals surface area contributed by atoms with E-state index in [0.717, 1.165) is 11.8 Å². The number of hydrogen-bond acceptors (Lipinski definition) is 6. The van der Waals surface area contributed by atoms with Crippen LogP contribution in [0.5, 0.6) is 0 Å². The van der Waals surface area contributed by atoms with E-state index in [-0.39, 0.29) is 10.6 Å². The Bertz CT molecular complexity index is 573. The molecule has 2 aromatic rings. The van der Waals surface area contributed by atoms with Gasteiger partial charge in [-0.25, -0.2) is 14.5 Å². The normalized spacial score (nSPS) is 10.5. The molecule has 0 bridgehead atoms. The molecule has 0 saturated heterocycles. The van der Waals surface area contributed by atoms with E-state index in [9.17, 15) is 4.79 Å². The number of pyridine rings is 1. The highest BCUT2D eigenvalue weighted by Gasteiger charge is 2.13. The van der Waals surface area contributed by atoms with Crippen LogP contribution < -0.4 is 0 Å². The van der Waals surface area contributed by atoms with Gasteiger partial charge in [-0.15, -0.1) is 5.10 Å². The van der Waals surface area contributed by atoms with Crippen molar-refractivity contribution in [2.75, 3.05) is 0 Å². The van der Waals surface area contributed by atoms with Crippen molar-refractivity contribution in [3.8, 4) is 0 Å². The number of halogens is 1. The van der Waals surface area contributed by atoms with Gasteiger partial charge in [0.2, 0.25) is 5.16 Å². The third-order valence-corrected chi connectivity index (χ3v) is 3.10. The van der Waals surface area contributed by atoms with Gasteiger partial charge >= 0.3 is 5.97 Å². The molecule has 0 spiro atoms. The maximum absolute atomic E-state index is 10.9. The summed E-state index contributed by atoms with van der Waals surface area (Å²) >= 11 is 6.86. The molecule has 1 N–H and O–H groups in total. The van der Waals surface area contributed by atoms with Crippen LogP contribution >= 0.6 is 23.4 Å². The van der Waals surface area contributed by atoms with Crippen LogP contribution in [0.4, 0.5) is 0 Å². The van der Waals surface area contributed by atoms with Gasteiger partial charge in [0, 0.05) is 13.2 Å². The van der Waals surface area contributed by atoms with Crippen LogP contribution in [0.15, 0.2) is 22.4 Å². The number of aromatic nitrogens is 5. The number of rotatable bonds is 3. The fourth-order valence-electron chi connectivity index (χ4n) is 1.04. The fourth-order valence-corrected chi connectivity index (χ4v) is 1.94. The minimum Gasteiger partial charge on any atom is -0.478 e. The maximum atomic E-state index is 10.9. The molecule has 0 radical (unpaired) electrons. The van der Waals surface area contributed by atoms with E-state index in [2.05, 4.69) is 20.5 Å². The van der Waals surface area contributed by atoms with Gasteiger partial charge in [0.05, 0.1) is 10.6 Å². The first-order valence-corrected chi connectivity index (χ1v) is 5.56. The second kappa shape index (κ2) is 4.68. The number of carboxylic acid groups (broad SMARTS) is 1. The molecule has 2 rings (SSSR count). The topological polar surface area (TPSA) is 93.8 Å². The number of carbonyl (C=O) groups is 1. The quantitative estimate of drug-likeness (QED) is 0.893. The summed E-state index contributed by atoms with van der Waals surface area (Å²) in [4.78, 5) is 14.9. The van der Waals surface area contributed by atoms with E-state index in [1.807, 2.05) is 0 Å². The summed E-state index contributed by atoms with van der Waals surface area (Å²) in [6, 6.07) is 1.38. The van der Waals surface area contributed by atoms with Crippen molar-refractivity contribution in [3.05, 3.63) is 22.8 Å². The van der Waals surface area contributed by atoms with Gasteiger partial charge in [-0.3, -0.25) is 0 Å². The number of aromatic carboxylic acids is 1. The molecule has 2 heterocycles. The molecule has 0 fully saturated rings. The molecule has 2 aromatic heterocycles. The summed E-state index contributed by atoms with van der Waals surface area (Å²) < 4.78 is 1.46. The van der Waals surface area contributed by atoms with Gasteiger partial charge in [-0.2, -0.15) is 0 Å². The molecular weight excluding hydrogens is 266 g/mol. The van der Waals surface area contributed by atoms with E-state index in [0.29, 0.717) is 10.2 Å². The molecule has 0 atom stereocenters. The van der Waals surface area contributed by atoms with E-state index in [1.165, 1.54) is 16.9 Å². The predicted molar refractivity (Wildman–Crippen MR) is 59.1 cm³/mol. The first kappa shape index (κ1) is 11.8. The average molecular weight is 272 g/mol. The Labute approximate surface area is 105 Å². The lowest BCUT2D eigenvalue weighted by Gasteiger charge is -2.01. The molecule has 0 unspecified atom stereocenters. The zero-order chi connectivity index (χ0) is 12.4. The summed E-state index contributed by atoms with van der Waals surface area (Å²) in [7, 11) is 1.68. The van der Waals surface area contributed by atoms with Crippen molar-refractivity contribution >= 4 is 29.3 Å². The zero-order valence-electron chi connectivity index (χ0n) is 8.53. The average Bonchev–Trinajstić information content (AvgIpc) is 2.67. The molecular formula is C8H6ClN5O2S. The minimum absolute atomic E-state index is 0.000654. The maximum Gasteiger partial charge on any atom is 0.337 e. The lowest BCUT2D eigenvalue weighted by Crippen LogP contribution is -1.99. The van der Waals surface area contributed by atoms with Gasteiger partial charge in [0.15, 0.2) is 0 Å². The van der Waals surface area contributed by atoms with Crippen molar-refractivity contribution < 1.29 is 9.90 Å². The smallest absolute Gasteiger partial charge is 0.337 e. The molecule has 7 nitrogen and oxygen atoms in total. The summed E-state index contributed by atoms with van der Waals surface area (Å²) in [6.45, 7) is 0. The van der Waals surface area contributed by atoms with Gasteiger partial charge in [0.1, 0.15) is 5.03 Å². The van der Waals surface area contributed by atoms with Crippen molar-refractivity contribution in [3.63, 3.8) is 0 Å². The van der Waals surface area contributed by atoms with Gasteiger partial charge in [-0.1, -0.05) is 11.6 Å². The van der Waals surface area contributed by atoms with Crippen molar-refractivity contribution in [1.82, 2.24) is 25.2 Å². The van der Waals surface area contributed by atoms with Crippen LogP contribution in [0, 0.1) is 0 Å². The highest BCUT2D eigenvalue weighted by molar-refractivity contribution is 7.99. The lowest BCUT2D eigenvalue weighted by molar-refractivity contribution is 0.0696. The molecule has 0 amide bonds. The number of carboxylic acids is 1. The third-order valence-electron chi connectivity index (χ3n) is 1.84. The number of nitrogens with zero attached hydrogens (tertiary/aromatic N) is 5. The number of tetrazole rings is 1. The van der Waals surface area contributed by atoms with Crippen LogP contribution in [-0.4, -0.2) is 36.3 Å². The van der Waals surface area contributed by atoms with Crippen LogP contribution in [0.25, 0.3) is 0 Å². The fraction of sp³-hybridized carbons (Fsp3) is 0.125. The Morgan fingerprint density at radius 2 is 2.35 bits per heavy atom. The Hall–Kier alpha value is -1.67.